The van der Waals surface area contributed by atoms with Crippen LogP contribution in [-0.2, 0) is 10.4 Å². The van der Waals surface area contributed by atoms with Crippen molar-refractivity contribution in [2.45, 2.75) is 78.7 Å². The minimum Gasteiger partial charge on any atom is -0.488 e. The molecule has 2 aromatic rings. The summed E-state index contributed by atoms with van der Waals surface area (Å²) in [5, 5.41) is 0. The lowest BCUT2D eigenvalue weighted by Crippen LogP contribution is -2.22. The van der Waals surface area contributed by atoms with E-state index in [-0.39, 0.29) is 23.3 Å². The Morgan fingerprint density at radius 3 is 1.03 bits per heavy atom. The van der Waals surface area contributed by atoms with Crippen LogP contribution in [0.1, 0.15) is 78.6 Å². The molecule has 0 aromatic heterocycles. The minimum absolute atomic E-state index is 0.0821. The Hall–Kier alpha value is -2.17. The van der Waals surface area contributed by atoms with Gasteiger partial charge in [-0.05, 0) is 90.8 Å². The lowest BCUT2D eigenvalue weighted by atomic mass is 10.1. The van der Waals surface area contributed by atoms with E-state index in [0.29, 0.717) is 0 Å². The summed E-state index contributed by atoms with van der Waals surface area (Å²) in [6.07, 6.45) is 0. The molecule has 8 nitrogen and oxygen atoms in total. The lowest BCUT2D eigenvalue weighted by Gasteiger charge is -2.21. The van der Waals surface area contributed by atoms with Crippen molar-refractivity contribution in [3.8, 4) is 11.5 Å². The minimum atomic E-state index is -4.67. The Morgan fingerprint density at radius 2 is 0.879 bits per heavy atom. The largest absolute Gasteiger partial charge is 0.488 e. The predicted molar refractivity (Wildman–Crippen MR) is 133 cm³/mol. The van der Waals surface area contributed by atoms with Crippen molar-refractivity contribution in [2.24, 2.45) is 11.5 Å². The summed E-state index contributed by atoms with van der Waals surface area (Å²) in [6.45, 7) is 16.1. The molecule has 0 saturated heterocycles. The SMILES string of the molecule is C[C@H](N)c1ccc(OC(C)(C)C)cc1.C[C@H](N)c1ccc(OC(C)(C)C)cc1.O=S(=O)(O)O. The maximum Gasteiger partial charge on any atom is 0.394 e. The highest BCUT2D eigenvalue weighted by Gasteiger charge is 2.12. The Morgan fingerprint density at radius 1 is 0.667 bits per heavy atom. The molecule has 2 rings (SSSR count). The normalized spacial score (nSPS) is 13.5. The summed E-state index contributed by atoms with van der Waals surface area (Å²) >= 11 is 0. The van der Waals surface area contributed by atoms with E-state index < -0.39 is 10.4 Å². The Bertz CT molecular complexity index is 840. The molecule has 0 saturated carbocycles. The molecule has 188 valence electrons. The molecule has 2 aromatic carbocycles. The van der Waals surface area contributed by atoms with E-state index in [1.807, 2.05) is 104 Å². The third kappa shape index (κ3) is 18.0. The number of benzene rings is 2. The summed E-state index contributed by atoms with van der Waals surface area (Å²) in [4.78, 5) is 0. The molecule has 9 heteroatoms. The zero-order valence-corrected chi connectivity index (χ0v) is 21.7. The van der Waals surface area contributed by atoms with Crippen LogP contribution in [0.4, 0.5) is 0 Å². The zero-order chi connectivity index (χ0) is 26.0. The number of ether oxygens (including phenoxy) is 2. The first kappa shape index (κ1) is 30.8. The van der Waals surface area contributed by atoms with Gasteiger partial charge in [-0.1, -0.05) is 24.3 Å². The van der Waals surface area contributed by atoms with E-state index >= 15 is 0 Å². The summed E-state index contributed by atoms with van der Waals surface area (Å²) < 4.78 is 43.0. The molecule has 0 fully saturated rings. The monoisotopic (exact) mass is 484 g/mol. The second-order valence-electron chi connectivity index (χ2n) is 9.59. The highest BCUT2D eigenvalue weighted by Crippen LogP contribution is 2.21. The van der Waals surface area contributed by atoms with Crippen LogP contribution < -0.4 is 20.9 Å². The Labute approximate surface area is 198 Å². The van der Waals surface area contributed by atoms with Crippen LogP contribution in [0.3, 0.4) is 0 Å². The average molecular weight is 485 g/mol. The molecule has 0 radical (unpaired) electrons. The number of nitrogens with two attached hydrogens (primary N) is 2. The number of hydrogen-bond acceptors (Lipinski definition) is 6. The molecule has 0 unspecified atom stereocenters. The van der Waals surface area contributed by atoms with Gasteiger partial charge >= 0.3 is 10.4 Å². The van der Waals surface area contributed by atoms with Crippen LogP contribution in [0.2, 0.25) is 0 Å². The van der Waals surface area contributed by atoms with Crippen LogP contribution in [0, 0.1) is 0 Å². The van der Waals surface area contributed by atoms with E-state index in [0.717, 1.165) is 22.6 Å². The Kier molecular flexibility index (Phi) is 12.1. The van der Waals surface area contributed by atoms with E-state index in [1.54, 1.807) is 0 Å². The highest BCUT2D eigenvalue weighted by molar-refractivity contribution is 7.79. The quantitative estimate of drug-likeness (QED) is 0.438. The van der Waals surface area contributed by atoms with Gasteiger partial charge < -0.3 is 20.9 Å². The summed E-state index contributed by atoms with van der Waals surface area (Å²) in [5.41, 5.74) is 13.5. The number of rotatable bonds is 4. The molecule has 0 aliphatic carbocycles. The van der Waals surface area contributed by atoms with Gasteiger partial charge in [0.15, 0.2) is 0 Å². The Balaban J connectivity index is 0.000000517. The van der Waals surface area contributed by atoms with Crippen LogP contribution in [-0.4, -0.2) is 28.7 Å². The fourth-order valence-corrected chi connectivity index (χ4v) is 2.39. The fraction of sp³-hybridized carbons (Fsp3) is 0.500. The van der Waals surface area contributed by atoms with E-state index in [1.165, 1.54) is 0 Å². The highest BCUT2D eigenvalue weighted by atomic mass is 32.3. The fourth-order valence-electron chi connectivity index (χ4n) is 2.39. The maximum absolute atomic E-state index is 8.74. The molecule has 0 aliphatic rings. The van der Waals surface area contributed by atoms with Gasteiger partial charge in [0.05, 0.1) is 0 Å². The van der Waals surface area contributed by atoms with Crippen molar-refractivity contribution >= 4 is 10.4 Å². The number of hydrogen-bond donors (Lipinski definition) is 4. The molecule has 0 heterocycles. The van der Waals surface area contributed by atoms with Gasteiger partial charge in [0.25, 0.3) is 0 Å². The molecular weight excluding hydrogens is 444 g/mol. The van der Waals surface area contributed by atoms with Crippen LogP contribution in [0.5, 0.6) is 11.5 Å². The summed E-state index contributed by atoms with van der Waals surface area (Å²) in [7, 11) is -4.67. The molecule has 0 amide bonds. The average Bonchev–Trinajstić information content (AvgIpc) is 2.59. The first-order valence-corrected chi connectivity index (χ1v) is 12.0. The molecule has 6 N–H and O–H groups in total. The lowest BCUT2D eigenvalue weighted by molar-refractivity contribution is 0.130. The first-order valence-electron chi connectivity index (χ1n) is 10.6. The zero-order valence-electron chi connectivity index (χ0n) is 20.9. The summed E-state index contributed by atoms with van der Waals surface area (Å²) in [6, 6.07) is 16.0. The molecule has 0 spiro atoms. The van der Waals surface area contributed by atoms with Gasteiger partial charge in [-0.3, -0.25) is 9.11 Å². The van der Waals surface area contributed by atoms with Gasteiger partial charge in [-0.25, -0.2) is 0 Å². The van der Waals surface area contributed by atoms with Crippen molar-refractivity contribution in [1.29, 1.82) is 0 Å². The second kappa shape index (κ2) is 12.9. The van der Waals surface area contributed by atoms with E-state index in [4.69, 9.17) is 38.5 Å². The van der Waals surface area contributed by atoms with Crippen molar-refractivity contribution in [3.05, 3.63) is 59.7 Å². The smallest absolute Gasteiger partial charge is 0.394 e. The van der Waals surface area contributed by atoms with Crippen LogP contribution >= 0.6 is 0 Å². The van der Waals surface area contributed by atoms with Crippen molar-refractivity contribution in [3.63, 3.8) is 0 Å². The van der Waals surface area contributed by atoms with Crippen molar-refractivity contribution in [1.82, 2.24) is 0 Å². The van der Waals surface area contributed by atoms with Gasteiger partial charge in [0.2, 0.25) is 0 Å². The molecular formula is C24H40N2O6S. The second-order valence-corrected chi connectivity index (χ2v) is 10.5. The van der Waals surface area contributed by atoms with Gasteiger partial charge in [-0.2, -0.15) is 8.42 Å². The summed E-state index contributed by atoms with van der Waals surface area (Å²) in [5.74, 6) is 1.78. The molecule has 2 atom stereocenters. The van der Waals surface area contributed by atoms with E-state index in [2.05, 4.69) is 0 Å². The van der Waals surface area contributed by atoms with E-state index in [9.17, 15) is 0 Å². The third-order valence-corrected chi connectivity index (χ3v) is 3.66. The van der Waals surface area contributed by atoms with Crippen molar-refractivity contribution in [2.75, 3.05) is 0 Å². The topological polar surface area (TPSA) is 145 Å². The standard InChI is InChI=1S/2C12H19NO.H2O4S/c2*1-9(13)10-5-7-11(8-6-10)14-12(2,3)4;1-5(2,3)4/h2*5-9H,13H2,1-4H3;(H2,1,2,3,4)/t2*9-;/m00./s1. The van der Waals surface area contributed by atoms with Crippen LogP contribution in [0.15, 0.2) is 48.5 Å². The predicted octanol–water partition coefficient (Wildman–Crippen LogP) is 5.11. The van der Waals surface area contributed by atoms with Gasteiger partial charge in [0.1, 0.15) is 22.7 Å². The van der Waals surface area contributed by atoms with Gasteiger partial charge in [0, 0.05) is 12.1 Å². The molecule has 33 heavy (non-hydrogen) atoms. The van der Waals surface area contributed by atoms with Crippen molar-refractivity contribution < 1.29 is 27.0 Å². The molecule has 0 bridgehead atoms. The molecule has 0 aliphatic heterocycles. The van der Waals surface area contributed by atoms with Crippen LogP contribution in [0.25, 0.3) is 0 Å². The maximum atomic E-state index is 8.74. The third-order valence-electron chi connectivity index (χ3n) is 3.66. The van der Waals surface area contributed by atoms with Gasteiger partial charge in [-0.15, -0.1) is 0 Å². The first-order chi connectivity index (χ1) is 14.8.